The average molecular weight is 207 g/mol. The molecule has 1 nitrogen and oxygen atoms in total. The third-order valence-electron chi connectivity index (χ3n) is 3.41. The molecule has 1 fully saturated rings. The third kappa shape index (κ3) is 3.20. The fourth-order valence-electron chi connectivity index (χ4n) is 2.68. The molecule has 0 unspecified atom stereocenters. The molecule has 86 valence electrons. The Balaban J connectivity index is 0.000000531. The van der Waals surface area contributed by atoms with Gasteiger partial charge in [0.15, 0.2) is 0 Å². The first kappa shape index (κ1) is 12.5. The second-order valence-electron chi connectivity index (χ2n) is 4.14. The van der Waals surface area contributed by atoms with E-state index in [0.29, 0.717) is 0 Å². The zero-order chi connectivity index (χ0) is 11.1. The highest BCUT2D eigenvalue weighted by atomic mass is 14.9. The fourth-order valence-corrected chi connectivity index (χ4v) is 2.68. The summed E-state index contributed by atoms with van der Waals surface area (Å²) in [6, 6.07) is 0.748. The van der Waals surface area contributed by atoms with E-state index in [0.717, 1.165) is 12.0 Å². The molecule has 2 rings (SSSR count). The van der Waals surface area contributed by atoms with Gasteiger partial charge in [-0.2, -0.15) is 0 Å². The summed E-state index contributed by atoms with van der Waals surface area (Å²) >= 11 is 0. The Labute approximate surface area is 94.6 Å². The van der Waals surface area contributed by atoms with E-state index in [1.54, 1.807) is 5.57 Å². The molecule has 0 spiro atoms. The van der Waals surface area contributed by atoms with E-state index in [1.807, 2.05) is 13.8 Å². The van der Waals surface area contributed by atoms with Gasteiger partial charge in [-0.25, -0.2) is 0 Å². The highest BCUT2D eigenvalue weighted by molar-refractivity contribution is 5.22. The molecule has 2 aliphatic carbocycles. The van der Waals surface area contributed by atoms with Gasteiger partial charge in [0.1, 0.15) is 0 Å². The molecule has 2 aliphatic rings. The molecule has 0 bridgehead atoms. The van der Waals surface area contributed by atoms with Gasteiger partial charge in [-0.1, -0.05) is 44.1 Å². The van der Waals surface area contributed by atoms with Crippen LogP contribution in [0.5, 0.6) is 0 Å². The largest absolute Gasteiger partial charge is 0.316 e. The maximum atomic E-state index is 3.45. The summed E-state index contributed by atoms with van der Waals surface area (Å²) in [6.07, 6.45) is 13.5. The van der Waals surface area contributed by atoms with Crippen molar-refractivity contribution in [2.45, 2.75) is 52.0 Å². The predicted molar refractivity (Wildman–Crippen MR) is 68.0 cm³/mol. The van der Waals surface area contributed by atoms with Crippen molar-refractivity contribution in [3.8, 4) is 0 Å². The number of allylic oxidation sites excluding steroid dienone is 3. The van der Waals surface area contributed by atoms with Crippen molar-refractivity contribution in [1.82, 2.24) is 5.32 Å². The molecule has 1 heteroatoms. The molecule has 0 aliphatic heterocycles. The van der Waals surface area contributed by atoms with Crippen LogP contribution in [0.2, 0.25) is 0 Å². The Bertz CT molecular complexity index is 227. The fraction of sp³-hybridized carbons (Fsp3) is 0.714. The van der Waals surface area contributed by atoms with Crippen LogP contribution in [-0.2, 0) is 0 Å². The lowest BCUT2D eigenvalue weighted by Crippen LogP contribution is -2.30. The van der Waals surface area contributed by atoms with Gasteiger partial charge >= 0.3 is 0 Å². The van der Waals surface area contributed by atoms with Crippen molar-refractivity contribution < 1.29 is 0 Å². The minimum atomic E-state index is 0.748. The first-order valence-corrected chi connectivity index (χ1v) is 6.44. The normalized spacial score (nSPS) is 29.4. The molecule has 0 amide bonds. The molecule has 2 atom stereocenters. The van der Waals surface area contributed by atoms with Crippen LogP contribution in [0.1, 0.15) is 46.0 Å². The lowest BCUT2D eigenvalue weighted by molar-refractivity contribution is 0.466. The summed E-state index contributed by atoms with van der Waals surface area (Å²) in [5.41, 5.74) is 1.68. The van der Waals surface area contributed by atoms with Crippen LogP contribution in [0.4, 0.5) is 0 Å². The number of nitrogens with one attached hydrogen (secondary N) is 1. The van der Waals surface area contributed by atoms with Gasteiger partial charge < -0.3 is 5.32 Å². The van der Waals surface area contributed by atoms with E-state index in [9.17, 15) is 0 Å². The van der Waals surface area contributed by atoms with Gasteiger partial charge in [0, 0.05) is 6.04 Å². The Morgan fingerprint density at radius 2 is 2.07 bits per heavy atom. The summed E-state index contributed by atoms with van der Waals surface area (Å²) in [7, 11) is 2.10. The zero-order valence-corrected chi connectivity index (χ0v) is 10.4. The Kier molecular flexibility index (Phi) is 5.70. The van der Waals surface area contributed by atoms with Crippen LogP contribution in [-0.4, -0.2) is 13.1 Å². The number of hydrogen-bond acceptors (Lipinski definition) is 1. The second kappa shape index (κ2) is 6.84. The van der Waals surface area contributed by atoms with Gasteiger partial charge in [-0.3, -0.25) is 0 Å². The van der Waals surface area contributed by atoms with Crippen LogP contribution in [0, 0.1) is 5.92 Å². The summed E-state index contributed by atoms with van der Waals surface area (Å²) < 4.78 is 0. The minimum absolute atomic E-state index is 0.748. The molecule has 1 saturated carbocycles. The van der Waals surface area contributed by atoms with Gasteiger partial charge in [-0.15, -0.1) is 0 Å². The standard InChI is InChI=1S/C12H19N.C2H6/c1-13-12-9-5-8-11(12)10-6-3-2-4-7-10;1-2/h2-3,6,11-13H,4-5,7-9H2,1H3;1-2H3/t11-,12-;/m1./s1. The van der Waals surface area contributed by atoms with E-state index in [2.05, 4.69) is 30.6 Å². The maximum Gasteiger partial charge on any atom is 0.0130 e. The molecule has 15 heavy (non-hydrogen) atoms. The number of rotatable bonds is 2. The van der Waals surface area contributed by atoms with Crippen LogP contribution in [0.25, 0.3) is 0 Å². The Morgan fingerprint density at radius 3 is 2.67 bits per heavy atom. The Morgan fingerprint density at radius 1 is 1.27 bits per heavy atom. The van der Waals surface area contributed by atoms with Gasteiger partial charge in [0.25, 0.3) is 0 Å². The van der Waals surface area contributed by atoms with Crippen LogP contribution < -0.4 is 5.32 Å². The van der Waals surface area contributed by atoms with Gasteiger partial charge in [0.05, 0.1) is 0 Å². The van der Waals surface area contributed by atoms with E-state index in [1.165, 1.54) is 32.1 Å². The zero-order valence-electron chi connectivity index (χ0n) is 10.4. The summed E-state index contributed by atoms with van der Waals surface area (Å²) in [6.45, 7) is 4.00. The summed E-state index contributed by atoms with van der Waals surface area (Å²) in [5, 5.41) is 3.45. The molecule has 0 aromatic heterocycles. The van der Waals surface area contributed by atoms with Crippen LogP contribution in [0.15, 0.2) is 23.8 Å². The van der Waals surface area contributed by atoms with E-state index in [-0.39, 0.29) is 0 Å². The van der Waals surface area contributed by atoms with Gasteiger partial charge in [-0.05, 0) is 38.6 Å². The monoisotopic (exact) mass is 207 g/mol. The smallest absolute Gasteiger partial charge is 0.0130 e. The van der Waals surface area contributed by atoms with Crippen LogP contribution in [0.3, 0.4) is 0 Å². The highest BCUT2D eigenvalue weighted by Gasteiger charge is 2.28. The SMILES string of the molecule is CC.CN[C@@H]1CCC[C@@H]1C1=CC=CCC1. The van der Waals surface area contributed by atoms with Crippen molar-refractivity contribution >= 4 is 0 Å². The number of hydrogen-bond donors (Lipinski definition) is 1. The Hall–Kier alpha value is -0.560. The molecule has 0 saturated heterocycles. The first-order valence-electron chi connectivity index (χ1n) is 6.44. The predicted octanol–water partition coefficient (Wildman–Crippen LogP) is 3.68. The quantitative estimate of drug-likeness (QED) is 0.728. The molecule has 0 aromatic rings. The van der Waals surface area contributed by atoms with Crippen molar-refractivity contribution in [3.05, 3.63) is 23.8 Å². The molecule has 1 N–H and O–H groups in total. The maximum absolute atomic E-state index is 3.45. The summed E-state index contributed by atoms with van der Waals surface area (Å²) in [5.74, 6) is 0.829. The highest BCUT2D eigenvalue weighted by Crippen LogP contribution is 2.34. The first-order chi connectivity index (χ1) is 7.42. The van der Waals surface area contributed by atoms with Crippen LogP contribution >= 0.6 is 0 Å². The van der Waals surface area contributed by atoms with E-state index < -0.39 is 0 Å². The molecule has 0 aromatic carbocycles. The van der Waals surface area contributed by atoms with Crippen molar-refractivity contribution in [1.29, 1.82) is 0 Å². The average Bonchev–Trinajstić information content (AvgIpc) is 2.81. The molecular formula is C14H25N. The second-order valence-corrected chi connectivity index (χ2v) is 4.14. The molecule has 0 heterocycles. The molecule has 0 radical (unpaired) electrons. The van der Waals surface area contributed by atoms with Crippen molar-refractivity contribution in [3.63, 3.8) is 0 Å². The lowest BCUT2D eigenvalue weighted by atomic mass is 9.88. The lowest BCUT2D eigenvalue weighted by Gasteiger charge is -2.23. The minimum Gasteiger partial charge on any atom is -0.316 e. The van der Waals surface area contributed by atoms with Gasteiger partial charge in [0.2, 0.25) is 0 Å². The molecular weight excluding hydrogens is 182 g/mol. The topological polar surface area (TPSA) is 12.0 Å². The summed E-state index contributed by atoms with van der Waals surface area (Å²) in [4.78, 5) is 0. The van der Waals surface area contributed by atoms with Crippen molar-refractivity contribution in [2.75, 3.05) is 7.05 Å². The van der Waals surface area contributed by atoms with E-state index in [4.69, 9.17) is 0 Å². The third-order valence-corrected chi connectivity index (χ3v) is 3.41. The van der Waals surface area contributed by atoms with Crippen molar-refractivity contribution in [2.24, 2.45) is 5.92 Å². The van der Waals surface area contributed by atoms with E-state index >= 15 is 0 Å².